The first-order valence-corrected chi connectivity index (χ1v) is 4.69. The summed E-state index contributed by atoms with van der Waals surface area (Å²) in [6, 6.07) is 1.64. The van der Waals surface area contributed by atoms with E-state index in [0.717, 1.165) is 17.7 Å². The van der Waals surface area contributed by atoms with Crippen molar-refractivity contribution in [3.63, 3.8) is 0 Å². The van der Waals surface area contributed by atoms with Crippen LogP contribution in [-0.4, -0.2) is 22.9 Å². The zero-order valence-electron chi connectivity index (χ0n) is 7.90. The van der Waals surface area contributed by atoms with Gasteiger partial charge in [-0.05, 0) is 12.0 Å². The minimum absolute atomic E-state index is 0.0731. The van der Waals surface area contributed by atoms with Crippen LogP contribution in [0.2, 0.25) is 0 Å². The second-order valence-corrected chi connectivity index (χ2v) is 3.27. The fraction of sp³-hybridized carbons (Fsp3) is 0.556. The third kappa shape index (κ3) is 1.69. The molecule has 14 heavy (non-hydrogen) atoms. The highest BCUT2D eigenvalue weighted by Crippen LogP contribution is 2.10. The fourth-order valence-electron chi connectivity index (χ4n) is 1.54. The van der Waals surface area contributed by atoms with Gasteiger partial charge in [0, 0.05) is 12.6 Å². The number of hydrogen-bond donors (Lipinski definition) is 1. The molecule has 1 aliphatic heterocycles. The van der Waals surface area contributed by atoms with Gasteiger partial charge in [0.2, 0.25) is 0 Å². The Kier molecular flexibility index (Phi) is 2.60. The van der Waals surface area contributed by atoms with E-state index in [0.29, 0.717) is 26.3 Å². The van der Waals surface area contributed by atoms with Crippen molar-refractivity contribution in [3.8, 4) is 0 Å². The summed E-state index contributed by atoms with van der Waals surface area (Å²) in [5.74, 6) is 0. The monoisotopic (exact) mass is 195 g/mol. The summed E-state index contributed by atoms with van der Waals surface area (Å²) < 4.78 is 6.66. The van der Waals surface area contributed by atoms with Crippen LogP contribution in [0.15, 0.2) is 10.9 Å². The number of fused-ring (bicyclic) bond motifs is 1. The highest BCUT2D eigenvalue weighted by atomic mass is 16.5. The van der Waals surface area contributed by atoms with Gasteiger partial charge in [-0.25, -0.2) is 4.68 Å². The first-order chi connectivity index (χ1) is 6.81. The van der Waals surface area contributed by atoms with Crippen LogP contribution in [-0.2, 0) is 24.3 Å². The molecule has 76 valence electrons. The van der Waals surface area contributed by atoms with Crippen molar-refractivity contribution in [3.05, 3.63) is 27.7 Å². The maximum atomic E-state index is 11.5. The molecule has 0 amide bonds. The van der Waals surface area contributed by atoms with E-state index in [4.69, 9.17) is 10.5 Å². The Morgan fingerprint density at radius 1 is 1.64 bits per heavy atom. The van der Waals surface area contributed by atoms with Gasteiger partial charge < -0.3 is 10.5 Å². The van der Waals surface area contributed by atoms with Crippen molar-refractivity contribution in [2.75, 3.05) is 13.2 Å². The Balaban J connectivity index is 2.40. The summed E-state index contributed by atoms with van der Waals surface area (Å²) in [7, 11) is 0. The maximum absolute atomic E-state index is 11.5. The lowest BCUT2D eigenvalue weighted by molar-refractivity contribution is 0.105. The molecule has 0 fully saturated rings. The van der Waals surface area contributed by atoms with E-state index < -0.39 is 0 Å². The number of rotatable bonds is 2. The average molecular weight is 195 g/mol. The molecule has 0 atom stereocenters. The van der Waals surface area contributed by atoms with Crippen molar-refractivity contribution in [1.82, 2.24) is 9.78 Å². The Hall–Kier alpha value is -1.20. The molecule has 2 heterocycles. The number of nitrogens with two attached hydrogens (primary N) is 1. The molecule has 0 unspecified atom stereocenters. The molecule has 1 aliphatic rings. The van der Waals surface area contributed by atoms with Crippen LogP contribution in [0, 0.1) is 0 Å². The van der Waals surface area contributed by atoms with Crippen molar-refractivity contribution in [2.45, 2.75) is 19.6 Å². The Bertz CT molecular complexity index is 386. The quantitative estimate of drug-likeness (QED) is 0.675. The number of aromatic nitrogens is 2. The van der Waals surface area contributed by atoms with Gasteiger partial charge in [-0.1, -0.05) is 0 Å². The standard InChI is InChI=1S/C9H13N3O2/c10-2-3-12-9(13)5-7-1-4-14-6-8(7)11-12/h5H,1-4,6,10H2. The van der Waals surface area contributed by atoms with Crippen molar-refractivity contribution in [2.24, 2.45) is 5.73 Å². The summed E-state index contributed by atoms with van der Waals surface area (Å²) in [6.45, 7) is 2.06. The number of ether oxygens (including phenoxy) is 1. The van der Waals surface area contributed by atoms with Gasteiger partial charge in [-0.3, -0.25) is 4.79 Å². The third-order valence-electron chi connectivity index (χ3n) is 2.26. The summed E-state index contributed by atoms with van der Waals surface area (Å²) in [5, 5.41) is 4.20. The Morgan fingerprint density at radius 2 is 2.50 bits per heavy atom. The van der Waals surface area contributed by atoms with Crippen LogP contribution < -0.4 is 11.3 Å². The second kappa shape index (κ2) is 3.89. The lowest BCUT2D eigenvalue weighted by Crippen LogP contribution is -2.29. The van der Waals surface area contributed by atoms with E-state index in [1.807, 2.05) is 0 Å². The largest absolute Gasteiger partial charge is 0.375 e. The van der Waals surface area contributed by atoms with E-state index in [1.54, 1.807) is 6.07 Å². The third-order valence-corrected chi connectivity index (χ3v) is 2.26. The highest BCUT2D eigenvalue weighted by molar-refractivity contribution is 5.18. The van der Waals surface area contributed by atoms with Gasteiger partial charge >= 0.3 is 0 Å². The van der Waals surface area contributed by atoms with E-state index in [2.05, 4.69) is 5.10 Å². The van der Waals surface area contributed by atoms with E-state index >= 15 is 0 Å². The van der Waals surface area contributed by atoms with E-state index in [1.165, 1.54) is 4.68 Å². The minimum atomic E-state index is -0.0731. The molecule has 5 heteroatoms. The highest BCUT2D eigenvalue weighted by Gasteiger charge is 2.12. The molecule has 0 radical (unpaired) electrons. The smallest absolute Gasteiger partial charge is 0.267 e. The summed E-state index contributed by atoms with van der Waals surface area (Å²) in [6.07, 6.45) is 0.779. The van der Waals surface area contributed by atoms with Gasteiger partial charge in [0.05, 0.1) is 25.5 Å². The van der Waals surface area contributed by atoms with Crippen LogP contribution >= 0.6 is 0 Å². The molecular formula is C9H13N3O2. The number of nitrogens with zero attached hydrogens (tertiary/aromatic N) is 2. The number of hydrogen-bond acceptors (Lipinski definition) is 4. The van der Waals surface area contributed by atoms with Gasteiger partial charge in [0.15, 0.2) is 0 Å². The SMILES string of the molecule is NCCn1nc2c(cc1=O)CCOC2. The van der Waals surface area contributed by atoms with Crippen molar-refractivity contribution < 1.29 is 4.74 Å². The molecule has 0 saturated heterocycles. The van der Waals surface area contributed by atoms with Gasteiger partial charge in [0.1, 0.15) is 0 Å². The van der Waals surface area contributed by atoms with Gasteiger partial charge in [0.25, 0.3) is 5.56 Å². The van der Waals surface area contributed by atoms with Crippen LogP contribution in [0.3, 0.4) is 0 Å². The normalized spacial score (nSPS) is 15.2. The molecule has 0 bridgehead atoms. The van der Waals surface area contributed by atoms with Crippen LogP contribution in [0.4, 0.5) is 0 Å². The van der Waals surface area contributed by atoms with Gasteiger partial charge in [-0.15, -0.1) is 0 Å². The molecule has 5 nitrogen and oxygen atoms in total. The molecule has 2 rings (SSSR count). The molecule has 1 aromatic heterocycles. The molecule has 0 saturated carbocycles. The van der Waals surface area contributed by atoms with Crippen molar-refractivity contribution >= 4 is 0 Å². The summed E-state index contributed by atoms with van der Waals surface area (Å²) in [5.41, 5.74) is 7.18. The maximum Gasteiger partial charge on any atom is 0.267 e. The molecule has 0 spiro atoms. The summed E-state index contributed by atoms with van der Waals surface area (Å²) >= 11 is 0. The zero-order chi connectivity index (χ0) is 9.97. The fourth-order valence-corrected chi connectivity index (χ4v) is 1.54. The lowest BCUT2D eigenvalue weighted by atomic mass is 10.1. The topological polar surface area (TPSA) is 70.1 Å². The minimum Gasteiger partial charge on any atom is -0.375 e. The van der Waals surface area contributed by atoms with E-state index in [-0.39, 0.29) is 5.56 Å². The Labute approximate surface area is 81.5 Å². The van der Waals surface area contributed by atoms with E-state index in [9.17, 15) is 4.79 Å². The molecular weight excluding hydrogens is 182 g/mol. The molecule has 1 aromatic rings. The second-order valence-electron chi connectivity index (χ2n) is 3.27. The predicted octanol–water partition coefficient (Wildman–Crippen LogP) is -0.725. The van der Waals surface area contributed by atoms with Crippen LogP contribution in [0.1, 0.15) is 11.3 Å². The molecule has 2 N–H and O–H groups in total. The Morgan fingerprint density at radius 3 is 3.29 bits per heavy atom. The zero-order valence-corrected chi connectivity index (χ0v) is 7.90. The summed E-state index contributed by atoms with van der Waals surface area (Å²) in [4.78, 5) is 11.5. The molecule has 0 aromatic carbocycles. The van der Waals surface area contributed by atoms with Crippen LogP contribution in [0.25, 0.3) is 0 Å². The van der Waals surface area contributed by atoms with Crippen molar-refractivity contribution in [1.29, 1.82) is 0 Å². The lowest BCUT2D eigenvalue weighted by Gasteiger charge is -2.16. The first-order valence-electron chi connectivity index (χ1n) is 4.69. The van der Waals surface area contributed by atoms with Crippen LogP contribution in [0.5, 0.6) is 0 Å². The first kappa shape index (κ1) is 9.36. The molecule has 0 aliphatic carbocycles. The predicted molar refractivity (Wildman–Crippen MR) is 50.9 cm³/mol. The average Bonchev–Trinajstić information content (AvgIpc) is 2.19. The van der Waals surface area contributed by atoms with Gasteiger partial charge in [-0.2, -0.15) is 5.10 Å².